The average Bonchev–Trinajstić information content (AvgIpc) is 2.38. The molecule has 2 aromatic carbocycles. The van der Waals surface area contributed by atoms with Crippen LogP contribution >= 0.6 is 11.8 Å². The van der Waals surface area contributed by atoms with E-state index >= 15 is 0 Å². The zero-order valence-corrected chi connectivity index (χ0v) is 11.1. The van der Waals surface area contributed by atoms with Gasteiger partial charge in [0.05, 0.1) is 5.56 Å². The van der Waals surface area contributed by atoms with E-state index in [-0.39, 0.29) is 17.8 Å². The Morgan fingerprint density at radius 1 is 1.16 bits per heavy atom. The average molecular weight is 278 g/mol. The van der Waals surface area contributed by atoms with Crippen LogP contribution in [0.25, 0.3) is 0 Å². The van der Waals surface area contributed by atoms with Crippen molar-refractivity contribution in [3.8, 4) is 0 Å². The summed E-state index contributed by atoms with van der Waals surface area (Å²) in [6.45, 7) is 0. The molecule has 2 rings (SSSR count). The third kappa shape index (κ3) is 3.41. The number of hydrogen-bond donors (Lipinski definition) is 0. The minimum atomic E-state index is -0.534. The van der Waals surface area contributed by atoms with Gasteiger partial charge >= 0.3 is 0 Å². The molecule has 0 spiro atoms. The Balaban J connectivity index is 2.20. The van der Waals surface area contributed by atoms with Crippen LogP contribution in [0.1, 0.15) is 15.9 Å². The molecule has 0 saturated carbocycles. The maximum Gasteiger partial charge on any atom is 0.170 e. The molecule has 4 heteroatoms. The summed E-state index contributed by atoms with van der Waals surface area (Å²) < 4.78 is 26.8. The predicted molar refractivity (Wildman–Crippen MR) is 72.6 cm³/mol. The van der Waals surface area contributed by atoms with E-state index in [2.05, 4.69) is 0 Å². The van der Waals surface area contributed by atoms with Crippen LogP contribution in [-0.4, -0.2) is 12.0 Å². The molecule has 98 valence electrons. The number of ketones is 1. The standard InChI is InChI=1S/C15H12F2OS/c1-19-12-5-6-13(14(17)9-12)15(18)8-10-3-2-4-11(16)7-10/h2-7,9H,8H2,1H3. The Morgan fingerprint density at radius 2 is 1.95 bits per heavy atom. The fraction of sp³-hybridized carbons (Fsp3) is 0.133. The first-order chi connectivity index (χ1) is 9.10. The second-order valence-corrected chi connectivity index (χ2v) is 4.96. The summed E-state index contributed by atoms with van der Waals surface area (Å²) in [4.78, 5) is 12.7. The highest BCUT2D eigenvalue weighted by atomic mass is 32.2. The van der Waals surface area contributed by atoms with E-state index < -0.39 is 11.6 Å². The molecule has 0 aliphatic carbocycles. The lowest BCUT2D eigenvalue weighted by Gasteiger charge is -2.05. The molecule has 0 unspecified atom stereocenters. The number of carbonyl (C=O) groups is 1. The number of carbonyl (C=O) groups excluding carboxylic acids is 1. The molecule has 0 saturated heterocycles. The lowest BCUT2D eigenvalue weighted by atomic mass is 10.0. The van der Waals surface area contributed by atoms with Gasteiger partial charge in [0.2, 0.25) is 0 Å². The van der Waals surface area contributed by atoms with Crippen molar-refractivity contribution in [2.45, 2.75) is 11.3 Å². The molecule has 0 heterocycles. The second kappa shape index (κ2) is 5.97. The van der Waals surface area contributed by atoms with Gasteiger partial charge in [-0.3, -0.25) is 4.79 Å². The van der Waals surface area contributed by atoms with Crippen LogP contribution < -0.4 is 0 Å². The smallest absolute Gasteiger partial charge is 0.170 e. The first-order valence-corrected chi connectivity index (χ1v) is 6.94. The molecule has 2 aromatic rings. The van der Waals surface area contributed by atoms with E-state index in [0.717, 1.165) is 4.90 Å². The van der Waals surface area contributed by atoms with Crippen molar-refractivity contribution in [3.63, 3.8) is 0 Å². The number of hydrogen-bond acceptors (Lipinski definition) is 2. The highest BCUT2D eigenvalue weighted by Gasteiger charge is 2.13. The van der Waals surface area contributed by atoms with Gasteiger partial charge in [-0.15, -0.1) is 11.8 Å². The molecule has 19 heavy (non-hydrogen) atoms. The van der Waals surface area contributed by atoms with Gasteiger partial charge in [0.25, 0.3) is 0 Å². The van der Waals surface area contributed by atoms with E-state index in [1.54, 1.807) is 12.1 Å². The Morgan fingerprint density at radius 3 is 2.58 bits per heavy atom. The summed E-state index contributed by atoms with van der Waals surface area (Å²) in [7, 11) is 0. The van der Waals surface area contributed by atoms with Gasteiger partial charge < -0.3 is 0 Å². The van der Waals surface area contributed by atoms with Crippen molar-refractivity contribution >= 4 is 17.5 Å². The number of halogens is 2. The summed E-state index contributed by atoms with van der Waals surface area (Å²) in [6.07, 6.45) is 1.83. The fourth-order valence-corrected chi connectivity index (χ4v) is 2.20. The van der Waals surface area contributed by atoms with Gasteiger partial charge in [0.15, 0.2) is 5.78 Å². The van der Waals surface area contributed by atoms with E-state index in [0.29, 0.717) is 5.56 Å². The fourth-order valence-electron chi connectivity index (χ4n) is 1.78. The Labute approximate surface area is 114 Å². The molecule has 0 amide bonds. The van der Waals surface area contributed by atoms with Crippen molar-refractivity contribution in [1.82, 2.24) is 0 Å². The molecule has 0 fully saturated rings. The lowest BCUT2D eigenvalue weighted by molar-refractivity contribution is 0.0989. The number of rotatable bonds is 4. The van der Waals surface area contributed by atoms with Gasteiger partial charge in [0.1, 0.15) is 11.6 Å². The van der Waals surface area contributed by atoms with E-state index in [4.69, 9.17) is 0 Å². The van der Waals surface area contributed by atoms with Gasteiger partial charge in [-0.05, 0) is 42.2 Å². The molecule has 0 aliphatic rings. The van der Waals surface area contributed by atoms with Crippen LogP contribution in [0, 0.1) is 11.6 Å². The van der Waals surface area contributed by atoms with Gasteiger partial charge in [0, 0.05) is 11.3 Å². The maximum absolute atomic E-state index is 13.8. The molecule has 0 radical (unpaired) electrons. The van der Waals surface area contributed by atoms with Crippen LogP contribution in [0.2, 0.25) is 0 Å². The molecule has 0 atom stereocenters. The maximum atomic E-state index is 13.8. The van der Waals surface area contributed by atoms with Crippen molar-refractivity contribution in [2.75, 3.05) is 6.26 Å². The first-order valence-electron chi connectivity index (χ1n) is 5.71. The van der Waals surface area contributed by atoms with Crippen molar-refractivity contribution in [1.29, 1.82) is 0 Å². The van der Waals surface area contributed by atoms with E-state index in [9.17, 15) is 13.6 Å². The highest BCUT2D eigenvalue weighted by Crippen LogP contribution is 2.19. The largest absolute Gasteiger partial charge is 0.294 e. The van der Waals surface area contributed by atoms with Crippen LogP contribution in [0.5, 0.6) is 0 Å². The van der Waals surface area contributed by atoms with Crippen LogP contribution in [0.15, 0.2) is 47.4 Å². The number of Topliss-reactive ketones (excluding diaryl/α,β-unsaturated/α-hetero) is 1. The zero-order chi connectivity index (χ0) is 13.8. The third-order valence-electron chi connectivity index (χ3n) is 2.73. The summed E-state index contributed by atoms with van der Waals surface area (Å²) in [5.41, 5.74) is 0.584. The van der Waals surface area contributed by atoms with Crippen LogP contribution in [0.3, 0.4) is 0 Å². The molecular weight excluding hydrogens is 266 g/mol. The van der Waals surface area contributed by atoms with E-state index in [1.165, 1.54) is 42.1 Å². The van der Waals surface area contributed by atoms with Crippen LogP contribution in [0.4, 0.5) is 8.78 Å². The Kier molecular flexibility index (Phi) is 4.32. The first kappa shape index (κ1) is 13.7. The summed E-state index contributed by atoms with van der Waals surface area (Å²) in [5.74, 6) is -1.28. The molecule has 0 N–H and O–H groups in total. The Bertz CT molecular complexity index is 611. The highest BCUT2D eigenvalue weighted by molar-refractivity contribution is 7.98. The molecule has 0 aliphatic heterocycles. The number of thioether (sulfide) groups is 1. The SMILES string of the molecule is CSc1ccc(C(=O)Cc2cccc(F)c2)c(F)c1. The summed E-state index contributed by atoms with van der Waals surface area (Å²) >= 11 is 1.41. The topological polar surface area (TPSA) is 17.1 Å². The number of benzene rings is 2. The molecule has 0 aromatic heterocycles. The quantitative estimate of drug-likeness (QED) is 0.618. The summed E-state index contributed by atoms with van der Waals surface area (Å²) in [6, 6.07) is 10.3. The van der Waals surface area contributed by atoms with Gasteiger partial charge in [-0.2, -0.15) is 0 Å². The minimum absolute atomic E-state index is 0.00665. The van der Waals surface area contributed by atoms with Gasteiger partial charge in [-0.25, -0.2) is 8.78 Å². The van der Waals surface area contributed by atoms with Crippen molar-refractivity contribution in [2.24, 2.45) is 0 Å². The van der Waals surface area contributed by atoms with Gasteiger partial charge in [-0.1, -0.05) is 12.1 Å². The third-order valence-corrected chi connectivity index (χ3v) is 3.46. The van der Waals surface area contributed by atoms with Crippen LogP contribution in [-0.2, 0) is 6.42 Å². The van der Waals surface area contributed by atoms with Crippen molar-refractivity contribution in [3.05, 3.63) is 65.2 Å². The normalized spacial score (nSPS) is 10.5. The molecule has 1 nitrogen and oxygen atoms in total. The molecular formula is C15H12F2OS. The Hall–Kier alpha value is -1.68. The summed E-state index contributed by atoms with van der Waals surface area (Å²) in [5, 5.41) is 0. The minimum Gasteiger partial charge on any atom is -0.294 e. The van der Waals surface area contributed by atoms with Crippen molar-refractivity contribution < 1.29 is 13.6 Å². The van der Waals surface area contributed by atoms with E-state index in [1.807, 2.05) is 6.26 Å². The predicted octanol–water partition coefficient (Wildman–Crippen LogP) is 4.11. The molecule has 0 bridgehead atoms. The lowest BCUT2D eigenvalue weighted by Crippen LogP contribution is -2.06. The second-order valence-electron chi connectivity index (χ2n) is 4.08. The monoisotopic (exact) mass is 278 g/mol. The zero-order valence-electron chi connectivity index (χ0n) is 10.3.